The number of benzene rings is 1. The van der Waals surface area contributed by atoms with Crippen LogP contribution in [-0.4, -0.2) is 11.5 Å². The number of aryl methyl sites for hydroxylation is 1. The van der Waals surface area contributed by atoms with Crippen molar-refractivity contribution in [3.63, 3.8) is 0 Å². The van der Waals surface area contributed by atoms with Gasteiger partial charge in [0.05, 0.1) is 4.92 Å². The molecule has 0 radical (unpaired) electrons. The highest BCUT2D eigenvalue weighted by atomic mass is 79.9. The average molecular weight is 299 g/mol. The number of rotatable bonds is 4. The molecule has 1 fully saturated rings. The first-order chi connectivity index (χ1) is 7.91. The first kappa shape index (κ1) is 12.4. The highest BCUT2D eigenvalue weighted by Gasteiger charge is 2.36. The van der Waals surface area contributed by atoms with Crippen LogP contribution in [0.4, 0.5) is 11.4 Å². The molecule has 1 aliphatic carbocycles. The second kappa shape index (κ2) is 4.29. The van der Waals surface area contributed by atoms with Crippen molar-refractivity contribution in [1.29, 1.82) is 0 Å². The van der Waals surface area contributed by atoms with Gasteiger partial charge >= 0.3 is 0 Å². The van der Waals surface area contributed by atoms with Gasteiger partial charge in [-0.05, 0) is 47.2 Å². The van der Waals surface area contributed by atoms with E-state index in [-0.39, 0.29) is 10.6 Å². The summed E-state index contributed by atoms with van der Waals surface area (Å²) in [6, 6.07) is 3.39. The molecule has 0 unspecified atom stereocenters. The third kappa shape index (κ3) is 2.77. The van der Waals surface area contributed by atoms with Gasteiger partial charge in [-0.2, -0.15) is 0 Å². The Hall–Kier alpha value is -1.10. The second-order valence-corrected chi connectivity index (χ2v) is 5.89. The molecule has 1 aromatic rings. The van der Waals surface area contributed by atoms with Crippen molar-refractivity contribution in [2.75, 3.05) is 11.9 Å². The van der Waals surface area contributed by atoms with Crippen LogP contribution in [0, 0.1) is 22.5 Å². The molecule has 4 nitrogen and oxygen atoms in total. The minimum absolute atomic E-state index is 0.153. The van der Waals surface area contributed by atoms with Crippen molar-refractivity contribution in [1.82, 2.24) is 0 Å². The molecule has 0 spiro atoms. The monoisotopic (exact) mass is 298 g/mol. The lowest BCUT2D eigenvalue weighted by Gasteiger charge is -2.13. The van der Waals surface area contributed by atoms with Crippen molar-refractivity contribution < 1.29 is 4.92 Å². The van der Waals surface area contributed by atoms with Gasteiger partial charge in [-0.25, -0.2) is 0 Å². The van der Waals surface area contributed by atoms with Gasteiger partial charge in [-0.1, -0.05) is 6.92 Å². The fraction of sp³-hybridized carbons (Fsp3) is 0.500. The maximum atomic E-state index is 10.8. The molecule has 2 rings (SSSR count). The normalized spacial score (nSPS) is 16.6. The Bertz CT molecular complexity index is 470. The number of hydrogen-bond acceptors (Lipinski definition) is 3. The SMILES string of the molecule is Cc1cc(NCC2(C)CC2)c(Br)cc1[N+](=O)[O-]. The number of nitrogens with zero attached hydrogens (tertiary/aromatic N) is 1. The van der Waals surface area contributed by atoms with Crippen molar-refractivity contribution in [2.24, 2.45) is 5.41 Å². The Morgan fingerprint density at radius 3 is 2.71 bits per heavy atom. The minimum atomic E-state index is -0.355. The van der Waals surface area contributed by atoms with E-state index in [0.717, 1.165) is 16.7 Å². The van der Waals surface area contributed by atoms with Crippen molar-refractivity contribution in [2.45, 2.75) is 26.7 Å². The van der Waals surface area contributed by atoms with E-state index in [1.807, 2.05) is 6.07 Å². The smallest absolute Gasteiger partial charge is 0.273 e. The van der Waals surface area contributed by atoms with Crippen molar-refractivity contribution >= 4 is 27.3 Å². The molecule has 0 bridgehead atoms. The maximum Gasteiger partial charge on any atom is 0.273 e. The van der Waals surface area contributed by atoms with Crippen LogP contribution in [0.5, 0.6) is 0 Å². The van der Waals surface area contributed by atoms with Crippen LogP contribution in [0.25, 0.3) is 0 Å². The van der Waals surface area contributed by atoms with E-state index in [9.17, 15) is 10.1 Å². The number of halogens is 1. The predicted molar refractivity (Wildman–Crippen MR) is 71.4 cm³/mol. The van der Waals surface area contributed by atoms with Gasteiger partial charge in [-0.3, -0.25) is 10.1 Å². The Morgan fingerprint density at radius 2 is 2.18 bits per heavy atom. The van der Waals surface area contributed by atoms with Gasteiger partial charge in [0.2, 0.25) is 0 Å². The van der Waals surface area contributed by atoms with Crippen LogP contribution in [0.1, 0.15) is 25.3 Å². The molecule has 0 atom stereocenters. The molecule has 1 saturated carbocycles. The molecule has 0 aliphatic heterocycles. The summed E-state index contributed by atoms with van der Waals surface area (Å²) in [5.74, 6) is 0. The van der Waals surface area contributed by atoms with Gasteiger partial charge in [0.1, 0.15) is 0 Å². The molecular weight excluding hydrogens is 284 g/mol. The number of nitro groups is 1. The largest absolute Gasteiger partial charge is 0.384 e. The fourth-order valence-electron chi connectivity index (χ4n) is 1.70. The lowest BCUT2D eigenvalue weighted by molar-refractivity contribution is -0.385. The number of nitrogens with one attached hydrogen (secondary N) is 1. The van der Waals surface area contributed by atoms with Gasteiger partial charge in [0.15, 0.2) is 0 Å². The summed E-state index contributed by atoms with van der Waals surface area (Å²) in [4.78, 5) is 10.4. The lowest BCUT2D eigenvalue weighted by Crippen LogP contribution is -2.12. The molecule has 0 amide bonds. The predicted octanol–water partition coefficient (Wildman–Crippen LogP) is 3.88. The van der Waals surface area contributed by atoms with Crippen molar-refractivity contribution in [3.8, 4) is 0 Å². The molecule has 1 aromatic carbocycles. The molecule has 1 N–H and O–H groups in total. The van der Waals surface area contributed by atoms with E-state index < -0.39 is 0 Å². The second-order valence-electron chi connectivity index (χ2n) is 5.04. The zero-order valence-corrected chi connectivity index (χ0v) is 11.5. The first-order valence-corrected chi connectivity index (χ1v) is 6.39. The molecule has 5 heteroatoms. The van der Waals surface area contributed by atoms with Crippen LogP contribution in [-0.2, 0) is 0 Å². The highest BCUT2D eigenvalue weighted by molar-refractivity contribution is 9.10. The standard InChI is InChI=1S/C12H15BrN2O2/c1-8-5-10(14-7-12(2)3-4-12)9(13)6-11(8)15(16)17/h5-6,14H,3-4,7H2,1-2H3. The fourth-order valence-corrected chi connectivity index (χ4v) is 2.17. The zero-order chi connectivity index (χ0) is 12.6. The van der Waals surface area contributed by atoms with Gasteiger partial charge < -0.3 is 5.32 Å². The quantitative estimate of drug-likeness (QED) is 0.678. The van der Waals surface area contributed by atoms with E-state index in [4.69, 9.17) is 0 Å². The molecular formula is C12H15BrN2O2. The molecule has 1 aliphatic rings. The molecule has 92 valence electrons. The average Bonchev–Trinajstić information content (AvgIpc) is 2.97. The summed E-state index contributed by atoms with van der Waals surface area (Å²) in [5, 5.41) is 14.1. The Balaban J connectivity index is 2.17. The van der Waals surface area contributed by atoms with Gasteiger partial charge in [0.25, 0.3) is 5.69 Å². The Labute approximate surface area is 109 Å². The lowest BCUT2D eigenvalue weighted by atomic mass is 10.1. The molecule has 17 heavy (non-hydrogen) atoms. The van der Waals surface area contributed by atoms with Crippen molar-refractivity contribution in [3.05, 3.63) is 32.3 Å². The minimum Gasteiger partial charge on any atom is -0.384 e. The summed E-state index contributed by atoms with van der Waals surface area (Å²) < 4.78 is 0.749. The third-order valence-corrected chi connectivity index (χ3v) is 3.95. The van der Waals surface area contributed by atoms with Gasteiger partial charge in [-0.15, -0.1) is 0 Å². The number of nitro benzene ring substituents is 1. The van der Waals surface area contributed by atoms with E-state index in [0.29, 0.717) is 11.0 Å². The zero-order valence-electron chi connectivity index (χ0n) is 9.92. The van der Waals surface area contributed by atoms with E-state index in [2.05, 4.69) is 28.2 Å². The van der Waals surface area contributed by atoms with Crippen LogP contribution in [0.3, 0.4) is 0 Å². The van der Waals surface area contributed by atoms with E-state index in [1.54, 1.807) is 13.0 Å². The Morgan fingerprint density at radius 1 is 1.53 bits per heavy atom. The first-order valence-electron chi connectivity index (χ1n) is 5.60. The van der Waals surface area contributed by atoms with E-state index >= 15 is 0 Å². The number of anilines is 1. The van der Waals surface area contributed by atoms with Crippen LogP contribution in [0.15, 0.2) is 16.6 Å². The van der Waals surface area contributed by atoms with Crippen LogP contribution >= 0.6 is 15.9 Å². The summed E-state index contributed by atoms with van der Waals surface area (Å²) in [6.45, 7) is 4.92. The van der Waals surface area contributed by atoms with E-state index in [1.165, 1.54) is 12.8 Å². The molecule has 0 heterocycles. The maximum absolute atomic E-state index is 10.8. The highest BCUT2D eigenvalue weighted by Crippen LogP contribution is 2.45. The van der Waals surface area contributed by atoms with Gasteiger partial charge in [0, 0.05) is 28.3 Å². The summed E-state index contributed by atoms with van der Waals surface area (Å²) in [5.41, 5.74) is 2.18. The number of hydrogen-bond donors (Lipinski definition) is 1. The summed E-state index contributed by atoms with van der Waals surface area (Å²) >= 11 is 3.37. The summed E-state index contributed by atoms with van der Waals surface area (Å²) in [7, 11) is 0. The topological polar surface area (TPSA) is 55.2 Å². The van der Waals surface area contributed by atoms with Crippen LogP contribution in [0.2, 0.25) is 0 Å². The molecule has 0 saturated heterocycles. The van der Waals surface area contributed by atoms with Crippen LogP contribution < -0.4 is 5.32 Å². The Kier molecular flexibility index (Phi) is 3.12. The summed E-state index contributed by atoms with van der Waals surface area (Å²) in [6.07, 6.45) is 2.51. The third-order valence-electron chi connectivity index (χ3n) is 3.29. The molecule has 0 aromatic heterocycles.